The van der Waals surface area contributed by atoms with Gasteiger partial charge >= 0.3 is 0 Å². The molecule has 0 aromatic carbocycles. The molecular weight excluding hydrogens is 320 g/mol. The molecule has 0 N–H and O–H groups in total. The summed E-state index contributed by atoms with van der Waals surface area (Å²) in [5, 5.41) is 10.9. The second-order valence-electron chi connectivity index (χ2n) is 7.92. The van der Waals surface area contributed by atoms with Crippen LogP contribution in [-0.4, -0.2) is 68.0 Å². The van der Waals surface area contributed by atoms with Crippen LogP contribution in [0.3, 0.4) is 0 Å². The van der Waals surface area contributed by atoms with Crippen molar-refractivity contribution >= 4 is 11.8 Å². The predicted octanol–water partition coefficient (Wildman–Crippen LogP) is 0.950. The highest BCUT2D eigenvalue weighted by molar-refractivity contribution is 5.78. The lowest BCUT2D eigenvalue weighted by atomic mass is 9.73. The highest BCUT2D eigenvalue weighted by Crippen LogP contribution is 2.39. The van der Waals surface area contributed by atoms with E-state index in [-0.39, 0.29) is 23.8 Å². The fourth-order valence-electron chi connectivity index (χ4n) is 3.97. The summed E-state index contributed by atoms with van der Waals surface area (Å²) in [4.78, 5) is 28.8. The molecule has 25 heavy (non-hydrogen) atoms. The number of piperidine rings is 2. The van der Waals surface area contributed by atoms with Crippen LogP contribution in [0, 0.1) is 11.3 Å². The molecule has 138 valence electrons. The van der Waals surface area contributed by atoms with Gasteiger partial charge in [0.05, 0.1) is 0 Å². The van der Waals surface area contributed by atoms with E-state index in [1.165, 1.54) is 11.0 Å². The first-order valence-electron chi connectivity index (χ1n) is 9.24. The molecule has 0 bridgehead atoms. The molecule has 3 heterocycles. The summed E-state index contributed by atoms with van der Waals surface area (Å²) >= 11 is 0. The van der Waals surface area contributed by atoms with Crippen LogP contribution in [-0.2, 0) is 16.1 Å². The summed E-state index contributed by atoms with van der Waals surface area (Å²) < 4.78 is 1.46. The van der Waals surface area contributed by atoms with E-state index in [1.54, 1.807) is 0 Å². The Morgan fingerprint density at radius 2 is 2.16 bits per heavy atom. The summed E-state index contributed by atoms with van der Waals surface area (Å²) in [5.74, 6) is 0.909. The minimum atomic E-state index is 0.0528. The summed E-state index contributed by atoms with van der Waals surface area (Å²) in [7, 11) is 0. The molecule has 3 rings (SSSR count). The van der Waals surface area contributed by atoms with E-state index >= 15 is 0 Å². The fourth-order valence-corrected chi connectivity index (χ4v) is 3.97. The van der Waals surface area contributed by atoms with Gasteiger partial charge < -0.3 is 9.80 Å². The molecule has 2 amide bonds. The van der Waals surface area contributed by atoms with Gasteiger partial charge in [-0.3, -0.25) is 9.59 Å². The molecule has 8 heteroatoms. The topological polar surface area (TPSA) is 84.2 Å². The average molecular weight is 348 g/mol. The van der Waals surface area contributed by atoms with Gasteiger partial charge in [-0.2, -0.15) is 0 Å². The summed E-state index contributed by atoms with van der Waals surface area (Å²) in [6, 6.07) is 0. The standard InChI is InChI=1S/C17H28N6O2/c1-14(2)5-9-22-12-17(7-4-15(22)24)6-3-8-21(11-17)16(25)10-23-13-18-19-20-23/h13-14H,3-12H2,1-2H3/t17-/m0/s1. The van der Waals surface area contributed by atoms with E-state index in [0.717, 1.165) is 51.9 Å². The zero-order valence-corrected chi connectivity index (χ0v) is 15.2. The molecule has 8 nitrogen and oxygen atoms in total. The van der Waals surface area contributed by atoms with Crippen LogP contribution in [0.4, 0.5) is 0 Å². The number of nitrogens with zero attached hydrogens (tertiary/aromatic N) is 6. The minimum absolute atomic E-state index is 0.0528. The first kappa shape index (κ1) is 17.8. The van der Waals surface area contributed by atoms with Gasteiger partial charge in [0.1, 0.15) is 12.9 Å². The van der Waals surface area contributed by atoms with Crippen LogP contribution in [0.15, 0.2) is 6.33 Å². The quantitative estimate of drug-likeness (QED) is 0.791. The Labute approximate surface area is 148 Å². The molecular formula is C17H28N6O2. The Morgan fingerprint density at radius 3 is 2.88 bits per heavy atom. The maximum absolute atomic E-state index is 12.6. The van der Waals surface area contributed by atoms with Crippen LogP contribution < -0.4 is 0 Å². The van der Waals surface area contributed by atoms with Crippen molar-refractivity contribution in [3.63, 3.8) is 0 Å². The number of carbonyl (C=O) groups is 2. The largest absolute Gasteiger partial charge is 0.342 e. The van der Waals surface area contributed by atoms with E-state index in [1.807, 2.05) is 9.80 Å². The first-order chi connectivity index (χ1) is 12.0. The number of hydrogen-bond acceptors (Lipinski definition) is 5. The van der Waals surface area contributed by atoms with Crippen molar-refractivity contribution in [3.05, 3.63) is 6.33 Å². The second-order valence-corrected chi connectivity index (χ2v) is 7.92. The van der Waals surface area contributed by atoms with Gasteiger partial charge in [0.2, 0.25) is 11.8 Å². The predicted molar refractivity (Wildman–Crippen MR) is 91.3 cm³/mol. The summed E-state index contributed by atoms with van der Waals surface area (Å²) in [6.45, 7) is 7.68. The van der Waals surface area contributed by atoms with Crippen LogP contribution in [0.2, 0.25) is 0 Å². The zero-order valence-electron chi connectivity index (χ0n) is 15.2. The summed E-state index contributed by atoms with van der Waals surface area (Å²) in [5.41, 5.74) is 0.0550. The van der Waals surface area contributed by atoms with Gasteiger partial charge in [-0.25, -0.2) is 4.68 Å². The lowest BCUT2D eigenvalue weighted by Crippen LogP contribution is -2.55. The van der Waals surface area contributed by atoms with Gasteiger partial charge in [0.15, 0.2) is 0 Å². The van der Waals surface area contributed by atoms with Gasteiger partial charge in [-0.15, -0.1) is 5.10 Å². The highest BCUT2D eigenvalue weighted by Gasteiger charge is 2.42. The van der Waals surface area contributed by atoms with E-state index in [4.69, 9.17) is 0 Å². The molecule has 1 aromatic rings. The molecule has 1 atom stereocenters. The number of carbonyl (C=O) groups excluding carboxylic acids is 2. The van der Waals surface area contributed by atoms with Gasteiger partial charge in [-0.1, -0.05) is 13.8 Å². The summed E-state index contributed by atoms with van der Waals surface area (Å²) in [6.07, 6.45) is 6.07. The van der Waals surface area contributed by atoms with E-state index < -0.39 is 0 Å². The number of hydrogen-bond donors (Lipinski definition) is 0. The molecule has 2 saturated heterocycles. The lowest BCUT2D eigenvalue weighted by Gasteiger charge is -2.48. The SMILES string of the molecule is CC(C)CCN1C[C@@]2(CCCN(C(=O)Cn3cnnn3)C2)CCC1=O. The van der Waals surface area contributed by atoms with Crippen molar-refractivity contribution in [1.82, 2.24) is 30.0 Å². The van der Waals surface area contributed by atoms with Crippen molar-refractivity contribution in [2.45, 2.75) is 52.5 Å². The molecule has 0 unspecified atom stereocenters. The monoisotopic (exact) mass is 348 g/mol. The Balaban J connectivity index is 1.62. The van der Waals surface area contributed by atoms with Gasteiger partial charge in [0.25, 0.3) is 0 Å². The number of tetrazole rings is 1. The smallest absolute Gasteiger partial charge is 0.244 e. The average Bonchev–Trinajstić information content (AvgIpc) is 3.09. The van der Waals surface area contributed by atoms with Crippen LogP contribution in [0.5, 0.6) is 0 Å². The Hall–Kier alpha value is -1.99. The zero-order chi connectivity index (χ0) is 17.9. The van der Waals surface area contributed by atoms with Gasteiger partial charge in [-0.05, 0) is 42.0 Å². The number of aromatic nitrogens is 4. The molecule has 2 fully saturated rings. The number of rotatable bonds is 5. The third-order valence-electron chi connectivity index (χ3n) is 5.43. The highest BCUT2D eigenvalue weighted by atomic mass is 16.2. The molecule has 0 radical (unpaired) electrons. The van der Waals surface area contributed by atoms with E-state index in [9.17, 15) is 9.59 Å². The second kappa shape index (κ2) is 7.49. The molecule has 0 saturated carbocycles. The Bertz CT molecular complexity index is 602. The normalized spacial score (nSPS) is 24.4. The van der Waals surface area contributed by atoms with Crippen LogP contribution in [0.1, 0.15) is 46.0 Å². The fraction of sp³-hybridized carbons (Fsp3) is 0.824. The van der Waals surface area contributed by atoms with Crippen molar-refractivity contribution in [2.24, 2.45) is 11.3 Å². The third-order valence-corrected chi connectivity index (χ3v) is 5.43. The Morgan fingerprint density at radius 1 is 1.32 bits per heavy atom. The van der Waals surface area contributed by atoms with Crippen molar-refractivity contribution in [1.29, 1.82) is 0 Å². The number of amides is 2. The van der Waals surface area contributed by atoms with Crippen molar-refractivity contribution in [2.75, 3.05) is 26.2 Å². The Kier molecular flexibility index (Phi) is 5.34. The molecule has 2 aliphatic heterocycles. The van der Waals surface area contributed by atoms with E-state index in [0.29, 0.717) is 12.3 Å². The molecule has 2 aliphatic rings. The molecule has 1 spiro atoms. The van der Waals surface area contributed by atoms with E-state index in [2.05, 4.69) is 29.4 Å². The maximum Gasteiger partial charge on any atom is 0.244 e. The van der Waals surface area contributed by atoms with Gasteiger partial charge in [0, 0.05) is 38.0 Å². The van der Waals surface area contributed by atoms with Crippen molar-refractivity contribution < 1.29 is 9.59 Å². The maximum atomic E-state index is 12.6. The van der Waals surface area contributed by atoms with Crippen molar-refractivity contribution in [3.8, 4) is 0 Å². The lowest BCUT2D eigenvalue weighted by molar-refractivity contribution is -0.143. The third kappa shape index (κ3) is 4.35. The van der Waals surface area contributed by atoms with Crippen LogP contribution >= 0.6 is 0 Å². The van der Waals surface area contributed by atoms with Crippen LogP contribution in [0.25, 0.3) is 0 Å². The minimum Gasteiger partial charge on any atom is -0.342 e. The number of likely N-dealkylation sites (tertiary alicyclic amines) is 2. The molecule has 0 aliphatic carbocycles. The first-order valence-corrected chi connectivity index (χ1v) is 9.24. The molecule has 1 aromatic heterocycles.